The Kier molecular flexibility index (Phi) is 3.46. The topological polar surface area (TPSA) is 35.5 Å². The number of hydrogen-bond acceptors (Lipinski definition) is 3. The first-order chi connectivity index (χ1) is 6.22. The second-order valence-corrected chi connectivity index (χ2v) is 2.67. The summed E-state index contributed by atoms with van der Waals surface area (Å²) in [6, 6.07) is 7.22. The van der Waals surface area contributed by atoms with E-state index in [1.54, 1.807) is 19.2 Å². The Morgan fingerprint density at radius 3 is 2.38 bits per heavy atom. The molecule has 0 radical (unpaired) electrons. The van der Waals surface area contributed by atoms with Crippen LogP contribution in [0.1, 0.15) is 12.5 Å². The van der Waals surface area contributed by atoms with Crippen molar-refractivity contribution >= 4 is 5.97 Å². The standard InChI is InChI=1S/C10H12O3/c1-8(11)13-10-5-3-9(4-6-10)7-12-2/h3-6H,7H2,1-2H3. The second-order valence-electron chi connectivity index (χ2n) is 2.67. The maximum absolute atomic E-state index is 10.6. The Balaban J connectivity index is 2.64. The molecule has 1 aromatic carbocycles. The van der Waals surface area contributed by atoms with Crippen molar-refractivity contribution in [2.75, 3.05) is 7.11 Å². The molecule has 3 nitrogen and oxygen atoms in total. The Morgan fingerprint density at radius 1 is 1.31 bits per heavy atom. The molecule has 0 aliphatic rings. The molecule has 0 atom stereocenters. The van der Waals surface area contributed by atoms with Gasteiger partial charge in [-0.1, -0.05) is 12.1 Å². The molecule has 0 aromatic heterocycles. The SMILES string of the molecule is COCc1ccc(OC(C)=O)cc1. The van der Waals surface area contributed by atoms with Crippen molar-refractivity contribution in [3.05, 3.63) is 29.8 Å². The van der Waals surface area contributed by atoms with Crippen LogP contribution in [0.5, 0.6) is 5.75 Å². The molecule has 0 unspecified atom stereocenters. The highest BCUT2D eigenvalue weighted by Gasteiger charge is 1.97. The summed E-state index contributed by atoms with van der Waals surface area (Å²) in [7, 11) is 1.64. The maximum Gasteiger partial charge on any atom is 0.308 e. The van der Waals surface area contributed by atoms with Crippen LogP contribution in [-0.4, -0.2) is 13.1 Å². The molecule has 0 amide bonds. The normalized spacial score (nSPS) is 9.69. The summed E-state index contributed by atoms with van der Waals surface area (Å²) >= 11 is 0. The van der Waals surface area contributed by atoms with Gasteiger partial charge in [-0.3, -0.25) is 4.79 Å². The van der Waals surface area contributed by atoms with Gasteiger partial charge in [0.05, 0.1) is 6.61 Å². The zero-order valence-electron chi connectivity index (χ0n) is 7.74. The third-order valence-electron chi connectivity index (χ3n) is 1.50. The Bertz CT molecular complexity index is 277. The Labute approximate surface area is 77.3 Å². The largest absolute Gasteiger partial charge is 0.427 e. The van der Waals surface area contributed by atoms with E-state index >= 15 is 0 Å². The average molecular weight is 180 g/mol. The van der Waals surface area contributed by atoms with Crippen molar-refractivity contribution in [2.24, 2.45) is 0 Å². The van der Waals surface area contributed by atoms with E-state index in [0.717, 1.165) is 5.56 Å². The van der Waals surface area contributed by atoms with Crippen LogP contribution in [0, 0.1) is 0 Å². The van der Waals surface area contributed by atoms with E-state index in [2.05, 4.69) is 0 Å². The summed E-state index contributed by atoms with van der Waals surface area (Å²) < 4.78 is 9.81. The third-order valence-corrected chi connectivity index (χ3v) is 1.50. The Hall–Kier alpha value is -1.35. The van der Waals surface area contributed by atoms with Gasteiger partial charge >= 0.3 is 5.97 Å². The smallest absolute Gasteiger partial charge is 0.308 e. The molecule has 0 bridgehead atoms. The summed E-state index contributed by atoms with van der Waals surface area (Å²) in [6.07, 6.45) is 0. The molecule has 0 fully saturated rings. The van der Waals surface area contributed by atoms with Gasteiger partial charge in [0.1, 0.15) is 5.75 Å². The van der Waals surface area contributed by atoms with E-state index < -0.39 is 0 Å². The number of methoxy groups -OCH3 is 1. The Morgan fingerprint density at radius 2 is 1.92 bits per heavy atom. The van der Waals surface area contributed by atoms with E-state index in [9.17, 15) is 4.79 Å². The van der Waals surface area contributed by atoms with Crippen molar-refractivity contribution in [2.45, 2.75) is 13.5 Å². The number of benzene rings is 1. The first kappa shape index (κ1) is 9.74. The van der Waals surface area contributed by atoms with Crippen LogP contribution in [-0.2, 0) is 16.1 Å². The summed E-state index contributed by atoms with van der Waals surface area (Å²) in [5.41, 5.74) is 1.05. The average Bonchev–Trinajstić information content (AvgIpc) is 2.08. The quantitative estimate of drug-likeness (QED) is 0.525. The molecule has 13 heavy (non-hydrogen) atoms. The molecule has 0 spiro atoms. The minimum atomic E-state index is -0.306. The van der Waals surface area contributed by atoms with Crippen molar-refractivity contribution in [3.63, 3.8) is 0 Å². The predicted octanol–water partition coefficient (Wildman–Crippen LogP) is 1.76. The molecule has 1 aromatic rings. The predicted molar refractivity (Wildman–Crippen MR) is 48.5 cm³/mol. The van der Waals surface area contributed by atoms with Crippen molar-refractivity contribution in [1.82, 2.24) is 0 Å². The lowest BCUT2D eigenvalue weighted by Gasteiger charge is -2.02. The lowest BCUT2D eigenvalue weighted by Crippen LogP contribution is -2.01. The molecule has 0 saturated heterocycles. The summed E-state index contributed by atoms with van der Waals surface area (Å²) in [5, 5.41) is 0. The molecule has 0 aliphatic carbocycles. The number of esters is 1. The van der Waals surface area contributed by atoms with Crippen LogP contribution >= 0.6 is 0 Å². The van der Waals surface area contributed by atoms with Gasteiger partial charge in [-0.15, -0.1) is 0 Å². The second kappa shape index (κ2) is 4.62. The summed E-state index contributed by atoms with van der Waals surface area (Å²) in [5.74, 6) is 0.256. The fourth-order valence-corrected chi connectivity index (χ4v) is 0.986. The lowest BCUT2D eigenvalue weighted by atomic mass is 10.2. The zero-order valence-corrected chi connectivity index (χ0v) is 7.74. The monoisotopic (exact) mass is 180 g/mol. The van der Waals surface area contributed by atoms with Crippen LogP contribution in [0.3, 0.4) is 0 Å². The highest BCUT2D eigenvalue weighted by Crippen LogP contribution is 2.12. The first-order valence-electron chi connectivity index (χ1n) is 3.98. The van der Waals surface area contributed by atoms with Gasteiger partial charge in [0, 0.05) is 14.0 Å². The van der Waals surface area contributed by atoms with E-state index in [4.69, 9.17) is 9.47 Å². The van der Waals surface area contributed by atoms with Gasteiger partial charge in [0.2, 0.25) is 0 Å². The van der Waals surface area contributed by atoms with Gasteiger partial charge in [-0.05, 0) is 17.7 Å². The zero-order chi connectivity index (χ0) is 9.68. The van der Waals surface area contributed by atoms with Gasteiger partial charge in [-0.25, -0.2) is 0 Å². The lowest BCUT2D eigenvalue weighted by molar-refractivity contribution is -0.131. The molecule has 1 rings (SSSR count). The molecule has 0 heterocycles. The molecule has 0 aliphatic heterocycles. The van der Waals surface area contributed by atoms with E-state index in [0.29, 0.717) is 12.4 Å². The van der Waals surface area contributed by atoms with E-state index in [1.165, 1.54) is 6.92 Å². The van der Waals surface area contributed by atoms with Crippen LogP contribution in [0.4, 0.5) is 0 Å². The van der Waals surface area contributed by atoms with Gasteiger partial charge in [0.25, 0.3) is 0 Å². The van der Waals surface area contributed by atoms with E-state index in [1.807, 2.05) is 12.1 Å². The van der Waals surface area contributed by atoms with Gasteiger partial charge in [-0.2, -0.15) is 0 Å². The summed E-state index contributed by atoms with van der Waals surface area (Å²) in [6.45, 7) is 1.95. The minimum absolute atomic E-state index is 0.306. The van der Waals surface area contributed by atoms with Crippen molar-refractivity contribution in [1.29, 1.82) is 0 Å². The molecule has 3 heteroatoms. The van der Waals surface area contributed by atoms with Crippen LogP contribution in [0.2, 0.25) is 0 Å². The summed E-state index contributed by atoms with van der Waals surface area (Å²) in [4.78, 5) is 10.6. The molecule has 0 saturated carbocycles. The minimum Gasteiger partial charge on any atom is -0.427 e. The highest BCUT2D eigenvalue weighted by atomic mass is 16.5. The van der Waals surface area contributed by atoms with Crippen molar-refractivity contribution in [3.8, 4) is 5.75 Å². The number of carbonyl (C=O) groups excluding carboxylic acids is 1. The molecule has 0 N–H and O–H groups in total. The third kappa shape index (κ3) is 3.25. The van der Waals surface area contributed by atoms with Crippen LogP contribution in [0.15, 0.2) is 24.3 Å². The van der Waals surface area contributed by atoms with Gasteiger partial charge in [0.15, 0.2) is 0 Å². The van der Waals surface area contributed by atoms with E-state index in [-0.39, 0.29) is 5.97 Å². The van der Waals surface area contributed by atoms with Crippen molar-refractivity contribution < 1.29 is 14.3 Å². The number of rotatable bonds is 3. The van der Waals surface area contributed by atoms with Crippen LogP contribution in [0.25, 0.3) is 0 Å². The number of hydrogen-bond donors (Lipinski definition) is 0. The molecular weight excluding hydrogens is 168 g/mol. The fraction of sp³-hybridized carbons (Fsp3) is 0.300. The maximum atomic E-state index is 10.6. The molecular formula is C10H12O3. The van der Waals surface area contributed by atoms with Gasteiger partial charge < -0.3 is 9.47 Å². The molecule has 70 valence electrons. The fourth-order valence-electron chi connectivity index (χ4n) is 0.986. The number of carbonyl (C=O) groups is 1. The first-order valence-corrected chi connectivity index (χ1v) is 3.98. The highest BCUT2D eigenvalue weighted by molar-refractivity contribution is 5.69. The number of ether oxygens (including phenoxy) is 2. The van der Waals surface area contributed by atoms with Crippen LogP contribution < -0.4 is 4.74 Å².